The van der Waals surface area contributed by atoms with Crippen molar-refractivity contribution in [3.05, 3.63) is 71.5 Å². The molecule has 6 heteroatoms. The van der Waals surface area contributed by atoms with Crippen LogP contribution in [0.15, 0.2) is 60.8 Å². The van der Waals surface area contributed by atoms with E-state index in [1.54, 1.807) is 24.4 Å². The van der Waals surface area contributed by atoms with Gasteiger partial charge in [0.15, 0.2) is 0 Å². The Kier molecular flexibility index (Phi) is 5.39. The van der Waals surface area contributed by atoms with Crippen LogP contribution in [0.4, 0.5) is 16.2 Å². The van der Waals surface area contributed by atoms with Crippen molar-refractivity contribution in [1.29, 1.82) is 0 Å². The molecule has 0 fully saturated rings. The number of carbonyl (C=O) groups is 1. The van der Waals surface area contributed by atoms with Gasteiger partial charge in [0.05, 0.1) is 12.8 Å². The first kappa shape index (κ1) is 17.8. The largest absolute Gasteiger partial charge is 0.495 e. The number of nitrogens with one attached hydrogen (secondary N) is 2. The molecule has 1 heterocycles. The zero-order chi connectivity index (χ0) is 18.5. The summed E-state index contributed by atoms with van der Waals surface area (Å²) >= 11 is 5.97. The van der Waals surface area contributed by atoms with Crippen LogP contribution in [0.25, 0.3) is 11.1 Å². The summed E-state index contributed by atoms with van der Waals surface area (Å²) in [6.07, 6.45) is 1.78. The fraction of sp³-hybridized carbons (Fsp3) is 0.100. The van der Waals surface area contributed by atoms with Crippen LogP contribution in [0.2, 0.25) is 5.02 Å². The molecule has 3 rings (SSSR count). The van der Waals surface area contributed by atoms with Crippen LogP contribution in [-0.2, 0) is 0 Å². The highest BCUT2D eigenvalue weighted by atomic mass is 35.5. The van der Waals surface area contributed by atoms with Gasteiger partial charge in [0.25, 0.3) is 0 Å². The smallest absolute Gasteiger partial charge is 0.323 e. The monoisotopic (exact) mass is 367 g/mol. The number of pyridine rings is 1. The quantitative estimate of drug-likeness (QED) is 0.652. The van der Waals surface area contributed by atoms with Crippen molar-refractivity contribution in [3.63, 3.8) is 0 Å². The van der Waals surface area contributed by atoms with E-state index in [1.165, 1.54) is 7.11 Å². The first-order valence-electron chi connectivity index (χ1n) is 8.00. The molecular formula is C20H18ClN3O2. The van der Waals surface area contributed by atoms with E-state index in [4.69, 9.17) is 16.3 Å². The minimum Gasteiger partial charge on any atom is -0.495 e. The maximum atomic E-state index is 12.2. The molecule has 1 aromatic heterocycles. The van der Waals surface area contributed by atoms with Gasteiger partial charge in [-0.1, -0.05) is 23.7 Å². The average Bonchev–Trinajstić information content (AvgIpc) is 2.62. The molecule has 0 saturated heterocycles. The summed E-state index contributed by atoms with van der Waals surface area (Å²) in [5.41, 5.74) is 4.27. The zero-order valence-corrected chi connectivity index (χ0v) is 15.2. The van der Waals surface area contributed by atoms with Gasteiger partial charge in [0.2, 0.25) is 0 Å². The maximum Gasteiger partial charge on any atom is 0.323 e. The molecule has 0 spiro atoms. The Morgan fingerprint density at radius 1 is 1.00 bits per heavy atom. The number of hydrogen-bond donors (Lipinski definition) is 2. The number of carbonyl (C=O) groups excluding carboxylic acids is 1. The molecule has 2 N–H and O–H groups in total. The van der Waals surface area contributed by atoms with Gasteiger partial charge in [-0.2, -0.15) is 0 Å². The number of benzene rings is 2. The third-order valence-electron chi connectivity index (χ3n) is 3.78. The second-order valence-corrected chi connectivity index (χ2v) is 6.12. The molecule has 0 unspecified atom stereocenters. The Bertz CT molecular complexity index is 927. The van der Waals surface area contributed by atoms with Crippen LogP contribution in [0.1, 0.15) is 5.69 Å². The molecule has 0 saturated carbocycles. The lowest BCUT2D eigenvalue weighted by Gasteiger charge is -2.12. The molecule has 0 atom stereocenters. The van der Waals surface area contributed by atoms with Crippen molar-refractivity contribution in [3.8, 4) is 16.9 Å². The van der Waals surface area contributed by atoms with E-state index in [2.05, 4.69) is 15.6 Å². The number of methoxy groups -OCH3 is 1. The van der Waals surface area contributed by atoms with E-state index >= 15 is 0 Å². The Morgan fingerprint density at radius 3 is 2.46 bits per heavy atom. The zero-order valence-electron chi connectivity index (χ0n) is 14.4. The van der Waals surface area contributed by atoms with Gasteiger partial charge in [0, 0.05) is 22.6 Å². The first-order chi connectivity index (χ1) is 12.5. The van der Waals surface area contributed by atoms with Gasteiger partial charge in [0.1, 0.15) is 5.75 Å². The standard InChI is InChI=1S/C20H18ClN3O2/c1-13-11-15(9-10-22-13)14-3-6-17(7-4-14)23-20(25)24-18-12-16(21)5-8-19(18)26-2/h3-12H,1-2H3,(H2,23,24,25). The van der Waals surface area contributed by atoms with Crippen LogP contribution in [0.3, 0.4) is 0 Å². The summed E-state index contributed by atoms with van der Waals surface area (Å²) in [6.45, 7) is 1.95. The summed E-state index contributed by atoms with van der Waals surface area (Å²) in [4.78, 5) is 16.4. The Balaban J connectivity index is 1.69. The van der Waals surface area contributed by atoms with Gasteiger partial charge in [-0.15, -0.1) is 0 Å². The minimum atomic E-state index is -0.377. The summed E-state index contributed by atoms with van der Waals surface area (Å²) in [5, 5.41) is 6.04. The highest BCUT2D eigenvalue weighted by molar-refractivity contribution is 6.31. The third-order valence-corrected chi connectivity index (χ3v) is 4.02. The molecule has 0 radical (unpaired) electrons. The Labute approximate surface area is 157 Å². The topological polar surface area (TPSA) is 63.2 Å². The van der Waals surface area contributed by atoms with E-state index in [9.17, 15) is 4.79 Å². The van der Waals surface area contributed by atoms with Crippen molar-refractivity contribution in [2.75, 3.05) is 17.7 Å². The average molecular weight is 368 g/mol. The van der Waals surface area contributed by atoms with Crippen LogP contribution < -0.4 is 15.4 Å². The van der Waals surface area contributed by atoms with Crippen LogP contribution in [0.5, 0.6) is 5.75 Å². The van der Waals surface area contributed by atoms with Crippen molar-refractivity contribution < 1.29 is 9.53 Å². The van der Waals surface area contributed by atoms with E-state index in [1.807, 2.05) is 43.3 Å². The number of ether oxygens (including phenoxy) is 1. The second-order valence-electron chi connectivity index (χ2n) is 5.69. The number of aromatic nitrogens is 1. The number of aryl methyl sites for hydroxylation is 1. The van der Waals surface area contributed by atoms with Gasteiger partial charge in [-0.05, 0) is 60.5 Å². The van der Waals surface area contributed by atoms with E-state index in [0.717, 1.165) is 16.8 Å². The van der Waals surface area contributed by atoms with Crippen LogP contribution >= 0.6 is 11.6 Å². The molecule has 0 aliphatic rings. The number of halogens is 1. The van der Waals surface area contributed by atoms with Gasteiger partial charge >= 0.3 is 6.03 Å². The maximum absolute atomic E-state index is 12.2. The van der Waals surface area contributed by atoms with E-state index in [-0.39, 0.29) is 6.03 Å². The van der Waals surface area contributed by atoms with Gasteiger partial charge in [-0.3, -0.25) is 4.98 Å². The molecular weight excluding hydrogens is 350 g/mol. The number of rotatable bonds is 4. The Hall–Kier alpha value is -3.05. The van der Waals surface area contributed by atoms with Gasteiger partial charge < -0.3 is 15.4 Å². The summed E-state index contributed by atoms with van der Waals surface area (Å²) in [7, 11) is 1.53. The highest BCUT2D eigenvalue weighted by Gasteiger charge is 2.09. The van der Waals surface area contributed by atoms with E-state index in [0.29, 0.717) is 22.1 Å². The summed E-state index contributed by atoms with van der Waals surface area (Å²) in [5.74, 6) is 0.535. The Morgan fingerprint density at radius 2 is 1.77 bits per heavy atom. The summed E-state index contributed by atoms with van der Waals surface area (Å²) in [6, 6.07) is 16.2. The molecule has 5 nitrogen and oxygen atoms in total. The fourth-order valence-electron chi connectivity index (χ4n) is 2.53. The normalized spacial score (nSPS) is 10.3. The van der Waals surface area contributed by atoms with Crippen molar-refractivity contribution in [2.45, 2.75) is 6.92 Å². The number of hydrogen-bond acceptors (Lipinski definition) is 3. The molecule has 2 aromatic carbocycles. The molecule has 132 valence electrons. The van der Waals surface area contributed by atoms with Crippen molar-refractivity contribution in [2.24, 2.45) is 0 Å². The third kappa shape index (κ3) is 4.32. The predicted octanol–water partition coefficient (Wildman–Crippen LogP) is 5.36. The predicted molar refractivity (Wildman–Crippen MR) is 105 cm³/mol. The first-order valence-corrected chi connectivity index (χ1v) is 8.37. The number of anilines is 2. The molecule has 0 aliphatic carbocycles. The highest BCUT2D eigenvalue weighted by Crippen LogP contribution is 2.28. The lowest BCUT2D eigenvalue weighted by molar-refractivity contribution is 0.262. The van der Waals surface area contributed by atoms with Crippen LogP contribution in [-0.4, -0.2) is 18.1 Å². The molecule has 26 heavy (non-hydrogen) atoms. The summed E-state index contributed by atoms with van der Waals surface area (Å²) < 4.78 is 5.22. The van der Waals surface area contributed by atoms with Crippen molar-refractivity contribution in [1.82, 2.24) is 4.98 Å². The molecule has 0 bridgehead atoms. The number of urea groups is 1. The number of nitrogens with zero attached hydrogens (tertiary/aromatic N) is 1. The molecule has 3 aromatic rings. The molecule has 2 amide bonds. The number of amides is 2. The lowest BCUT2D eigenvalue weighted by Crippen LogP contribution is -2.19. The molecule has 0 aliphatic heterocycles. The van der Waals surface area contributed by atoms with Crippen molar-refractivity contribution >= 4 is 29.0 Å². The van der Waals surface area contributed by atoms with E-state index < -0.39 is 0 Å². The van der Waals surface area contributed by atoms with Crippen LogP contribution in [0, 0.1) is 6.92 Å². The second kappa shape index (κ2) is 7.89. The minimum absolute atomic E-state index is 0.377. The lowest BCUT2D eigenvalue weighted by atomic mass is 10.1. The fourth-order valence-corrected chi connectivity index (χ4v) is 2.71. The van der Waals surface area contributed by atoms with Gasteiger partial charge in [-0.25, -0.2) is 4.79 Å². The SMILES string of the molecule is COc1ccc(Cl)cc1NC(=O)Nc1ccc(-c2ccnc(C)c2)cc1.